The molecule has 0 aliphatic heterocycles. The van der Waals surface area contributed by atoms with Gasteiger partial charge in [-0.25, -0.2) is 16.8 Å². The molecule has 9 heteroatoms. The molecule has 1 rings (SSSR count). The molecule has 0 aliphatic carbocycles. The summed E-state index contributed by atoms with van der Waals surface area (Å²) in [6, 6.07) is 0. The standard InChI is InChI=1S/C11H20N2O4S3/c1-5-6-9(4)20(16,17)11-13-12-10(18-11)19(14,15)7-8(2)3/h8-9H,5-7H2,1-4H3. The van der Waals surface area contributed by atoms with Gasteiger partial charge in [0, 0.05) is 0 Å². The maximum atomic E-state index is 12.2. The van der Waals surface area contributed by atoms with E-state index in [4.69, 9.17) is 0 Å². The first kappa shape index (κ1) is 17.5. The van der Waals surface area contributed by atoms with Gasteiger partial charge in [0.15, 0.2) is 0 Å². The van der Waals surface area contributed by atoms with Gasteiger partial charge >= 0.3 is 0 Å². The summed E-state index contributed by atoms with van der Waals surface area (Å²) < 4.78 is 48.0. The average Bonchev–Trinajstić information content (AvgIpc) is 2.77. The first-order chi connectivity index (χ1) is 9.11. The zero-order valence-electron chi connectivity index (χ0n) is 12.0. The Morgan fingerprint density at radius 3 is 2.10 bits per heavy atom. The predicted molar refractivity (Wildman–Crippen MR) is 78.4 cm³/mol. The van der Waals surface area contributed by atoms with E-state index in [2.05, 4.69) is 10.2 Å². The summed E-state index contributed by atoms with van der Waals surface area (Å²) in [5.41, 5.74) is 0. The number of hydrogen-bond donors (Lipinski definition) is 0. The van der Waals surface area contributed by atoms with Crippen LogP contribution in [0.25, 0.3) is 0 Å². The van der Waals surface area contributed by atoms with E-state index in [1.807, 2.05) is 6.92 Å². The zero-order chi connectivity index (χ0) is 15.6. The molecule has 0 amide bonds. The summed E-state index contributed by atoms with van der Waals surface area (Å²) in [4.78, 5) is 0. The Bertz CT molecular complexity index is 647. The van der Waals surface area contributed by atoms with Gasteiger partial charge in [-0.05, 0) is 19.3 Å². The van der Waals surface area contributed by atoms with Crippen molar-refractivity contribution in [2.24, 2.45) is 5.92 Å². The fourth-order valence-corrected chi connectivity index (χ4v) is 6.53. The molecular weight excluding hydrogens is 320 g/mol. The molecule has 20 heavy (non-hydrogen) atoms. The van der Waals surface area contributed by atoms with E-state index in [0.29, 0.717) is 17.8 Å². The molecule has 1 unspecified atom stereocenters. The van der Waals surface area contributed by atoms with E-state index in [9.17, 15) is 16.8 Å². The summed E-state index contributed by atoms with van der Waals surface area (Å²) in [6.45, 7) is 7.05. The maximum absolute atomic E-state index is 12.2. The lowest BCUT2D eigenvalue weighted by Crippen LogP contribution is -2.17. The number of rotatable bonds is 7. The number of sulfone groups is 2. The van der Waals surface area contributed by atoms with Gasteiger partial charge in [0.25, 0.3) is 0 Å². The molecule has 0 saturated heterocycles. The summed E-state index contributed by atoms with van der Waals surface area (Å²) in [5, 5.41) is 6.53. The van der Waals surface area contributed by atoms with Gasteiger partial charge in [0.1, 0.15) is 0 Å². The highest BCUT2D eigenvalue weighted by Gasteiger charge is 2.30. The van der Waals surface area contributed by atoms with Crippen LogP contribution in [0, 0.1) is 5.92 Å². The first-order valence-corrected chi connectivity index (χ1v) is 10.4. The Morgan fingerprint density at radius 2 is 1.60 bits per heavy atom. The molecule has 116 valence electrons. The van der Waals surface area contributed by atoms with Crippen molar-refractivity contribution < 1.29 is 16.8 Å². The van der Waals surface area contributed by atoms with Crippen LogP contribution in [-0.4, -0.2) is 38.0 Å². The summed E-state index contributed by atoms with van der Waals surface area (Å²) >= 11 is 0.645. The van der Waals surface area contributed by atoms with E-state index < -0.39 is 24.9 Å². The van der Waals surface area contributed by atoms with E-state index >= 15 is 0 Å². The summed E-state index contributed by atoms with van der Waals surface area (Å²) in [5.74, 6) is -0.116. The van der Waals surface area contributed by atoms with Crippen molar-refractivity contribution in [2.75, 3.05) is 5.75 Å². The molecule has 0 spiro atoms. The average molecular weight is 340 g/mol. The minimum absolute atomic E-state index is 0.0528. The van der Waals surface area contributed by atoms with Crippen LogP contribution >= 0.6 is 11.3 Å². The minimum atomic E-state index is -3.59. The molecule has 1 aromatic heterocycles. The number of aromatic nitrogens is 2. The maximum Gasteiger partial charge on any atom is 0.233 e. The van der Waals surface area contributed by atoms with Crippen molar-refractivity contribution in [1.82, 2.24) is 10.2 Å². The minimum Gasteiger partial charge on any atom is -0.221 e. The van der Waals surface area contributed by atoms with Crippen molar-refractivity contribution in [3.05, 3.63) is 0 Å². The van der Waals surface area contributed by atoms with Crippen LogP contribution in [0.1, 0.15) is 40.5 Å². The first-order valence-electron chi connectivity index (χ1n) is 6.41. The van der Waals surface area contributed by atoms with E-state index in [1.54, 1.807) is 20.8 Å². The van der Waals surface area contributed by atoms with Gasteiger partial charge in [0.05, 0.1) is 11.0 Å². The second-order valence-corrected chi connectivity index (χ2v) is 10.9. The van der Waals surface area contributed by atoms with Crippen LogP contribution in [0.5, 0.6) is 0 Å². The largest absolute Gasteiger partial charge is 0.233 e. The smallest absolute Gasteiger partial charge is 0.221 e. The third kappa shape index (κ3) is 3.98. The quantitative estimate of drug-likeness (QED) is 0.753. The van der Waals surface area contributed by atoms with Crippen molar-refractivity contribution >= 4 is 31.0 Å². The third-order valence-corrected chi connectivity index (χ3v) is 8.73. The molecular formula is C11H20N2O4S3. The fraction of sp³-hybridized carbons (Fsp3) is 0.818. The van der Waals surface area contributed by atoms with Gasteiger partial charge in [0.2, 0.25) is 28.4 Å². The van der Waals surface area contributed by atoms with Gasteiger partial charge in [-0.15, -0.1) is 10.2 Å². The lowest BCUT2D eigenvalue weighted by Gasteiger charge is -2.07. The summed E-state index contributed by atoms with van der Waals surface area (Å²) in [6.07, 6.45) is 1.24. The monoisotopic (exact) mass is 340 g/mol. The SMILES string of the molecule is CCCC(C)S(=O)(=O)c1nnc(S(=O)(=O)CC(C)C)s1. The highest BCUT2D eigenvalue weighted by atomic mass is 32.3. The highest BCUT2D eigenvalue weighted by Crippen LogP contribution is 2.26. The van der Waals surface area contributed by atoms with Gasteiger partial charge < -0.3 is 0 Å². The summed E-state index contributed by atoms with van der Waals surface area (Å²) in [7, 11) is -7.15. The molecule has 0 bridgehead atoms. The molecule has 0 saturated carbocycles. The molecule has 0 fully saturated rings. The molecule has 1 atom stereocenters. The number of nitrogens with zero attached hydrogens (tertiary/aromatic N) is 2. The Morgan fingerprint density at radius 1 is 1.05 bits per heavy atom. The lowest BCUT2D eigenvalue weighted by atomic mass is 10.3. The highest BCUT2D eigenvalue weighted by molar-refractivity contribution is 7.96. The normalized spacial score (nSPS) is 14.7. The molecule has 1 aromatic rings. The Labute approximate surface area is 124 Å². The van der Waals surface area contributed by atoms with Crippen LogP contribution < -0.4 is 0 Å². The Kier molecular flexibility index (Phi) is 5.68. The van der Waals surface area contributed by atoms with Crippen molar-refractivity contribution in [3.63, 3.8) is 0 Å². The van der Waals surface area contributed by atoms with Crippen molar-refractivity contribution in [3.8, 4) is 0 Å². The van der Waals surface area contributed by atoms with Crippen molar-refractivity contribution in [2.45, 2.75) is 54.5 Å². The Balaban J connectivity index is 3.10. The zero-order valence-corrected chi connectivity index (χ0v) is 14.5. The molecule has 0 aromatic carbocycles. The predicted octanol–water partition coefficient (Wildman–Crippen LogP) is 1.93. The second-order valence-electron chi connectivity index (χ2n) is 5.15. The van der Waals surface area contributed by atoms with Gasteiger partial charge in [-0.3, -0.25) is 0 Å². The van der Waals surface area contributed by atoms with E-state index in [-0.39, 0.29) is 20.4 Å². The molecule has 6 nitrogen and oxygen atoms in total. The second kappa shape index (κ2) is 6.48. The van der Waals surface area contributed by atoms with E-state index in [0.717, 1.165) is 6.42 Å². The van der Waals surface area contributed by atoms with Crippen molar-refractivity contribution in [1.29, 1.82) is 0 Å². The Hall–Kier alpha value is -0.540. The van der Waals surface area contributed by atoms with Crippen LogP contribution in [0.4, 0.5) is 0 Å². The van der Waals surface area contributed by atoms with Crippen LogP contribution in [0.15, 0.2) is 8.68 Å². The van der Waals surface area contributed by atoms with Crippen LogP contribution in [-0.2, 0) is 19.7 Å². The van der Waals surface area contributed by atoms with E-state index in [1.165, 1.54) is 0 Å². The fourth-order valence-electron chi connectivity index (χ4n) is 1.68. The molecule has 0 N–H and O–H groups in total. The number of hydrogen-bond acceptors (Lipinski definition) is 7. The molecule has 1 heterocycles. The third-order valence-electron chi connectivity index (χ3n) is 2.68. The lowest BCUT2D eigenvalue weighted by molar-refractivity contribution is 0.571. The molecule has 0 aliphatic rings. The van der Waals surface area contributed by atoms with Crippen LogP contribution in [0.3, 0.4) is 0 Å². The molecule has 0 radical (unpaired) electrons. The van der Waals surface area contributed by atoms with Gasteiger partial charge in [-0.2, -0.15) is 0 Å². The van der Waals surface area contributed by atoms with Gasteiger partial charge in [-0.1, -0.05) is 38.5 Å². The topological polar surface area (TPSA) is 94.1 Å². The van der Waals surface area contributed by atoms with Crippen LogP contribution in [0.2, 0.25) is 0 Å².